The summed E-state index contributed by atoms with van der Waals surface area (Å²) in [5.41, 5.74) is -1.65. The number of anilines is 2. The molecule has 0 aliphatic carbocycles. The van der Waals surface area contributed by atoms with Crippen molar-refractivity contribution in [3.05, 3.63) is 76.8 Å². The molecule has 0 N–H and O–H groups in total. The summed E-state index contributed by atoms with van der Waals surface area (Å²) in [5, 5.41) is 0.0926. The van der Waals surface area contributed by atoms with E-state index in [1.54, 1.807) is 18.2 Å². The van der Waals surface area contributed by atoms with Gasteiger partial charge in [0, 0.05) is 56.3 Å². The SMILES string of the molecule is COc1ccccc1C1(N2C[C@H](OC(=O)C(F)(F)F)C[C@H]2C(=O)N(C)C)C(=O)N(S(=O)(=O)c2ccc3c(c2)OCCN3C)c2ccc(Cl)cc21. The average Bonchev–Trinajstić information content (AvgIpc) is 3.59. The third-order valence-electron chi connectivity index (χ3n) is 9.05. The van der Waals surface area contributed by atoms with Crippen molar-refractivity contribution in [2.24, 2.45) is 0 Å². The lowest BCUT2D eigenvalue weighted by Crippen LogP contribution is -2.59. The number of carbonyl (C=O) groups excluding carboxylic acids is 3. The van der Waals surface area contributed by atoms with Crippen LogP contribution in [0.2, 0.25) is 5.02 Å². The molecule has 1 unspecified atom stereocenters. The van der Waals surface area contributed by atoms with Crippen LogP contribution in [0.1, 0.15) is 17.5 Å². The molecule has 50 heavy (non-hydrogen) atoms. The Morgan fingerprint density at radius 2 is 1.74 bits per heavy atom. The van der Waals surface area contributed by atoms with Crippen molar-refractivity contribution >= 4 is 50.8 Å². The molecule has 0 radical (unpaired) electrons. The molecule has 3 aromatic carbocycles. The Morgan fingerprint density at radius 1 is 1.04 bits per heavy atom. The van der Waals surface area contributed by atoms with Crippen LogP contribution in [0.25, 0.3) is 0 Å². The van der Waals surface area contributed by atoms with Crippen LogP contribution in [0.5, 0.6) is 11.5 Å². The van der Waals surface area contributed by atoms with Crippen LogP contribution in [-0.2, 0) is 34.7 Å². The lowest BCUT2D eigenvalue weighted by atomic mass is 9.80. The van der Waals surface area contributed by atoms with Gasteiger partial charge in [0.05, 0.1) is 36.0 Å². The van der Waals surface area contributed by atoms with Gasteiger partial charge < -0.3 is 24.0 Å². The average molecular weight is 737 g/mol. The molecule has 12 nitrogen and oxygen atoms in total. The number of ether oxygens (including phenoxy) is 3. The molecule has 2 amide bonds. The van der Waals surface area contributed by atoms with Gasteiger partial charge in [-0.05, 0) is 36.4 Å². The molecular formula is C33H32ClF3N4O8S. The summed E-state index contributed by atoms with van der Waals surface area (Å²) < 4.78 is 86.3. The fraction of sp³-hybridized carbons (Fsp3) is 0.364. The zero-order chi connectivity index (χ0) is 36.3. The molecule has 3 aromatic rings. The van der Waals surface area contributed by atoms with Crippen LogP contribution in [0.15, 0.2) is 65.6 Å². The van der Waals surface area contributed by atoms with Crippen molar-refractivity contribution in [2.75, 3.05) is 57.2 Å². The molecule has 3 aliphatic heterocycles. The molecule has 6 rings (SSSR count). The molecule has 17 heteroatoms. The molecule has 3 heterocycles. The van der Waals surface area contributed by atoms with Gasteiger partial charge in [0.25, 0.3) is 15.9 Å². The van der Waals surface area contributed by atoms with Crippen LogP contribution >= 0.6 is 11.6 Å². The molecule has 3 atom stereocenters. The summed E-state index contributed by atoms with van der Waals surface area (Å²) >= 11 is 6.52. The quantitative estimate of drug-likeness (QED) is 0.331. The third-order valence-corrected chi connectivity index (χ3v) is 11.0. The summed E-state index contributed by atoms with van der Waals surface area (Å²) in [6.07, 6.45) is -7.31. The predicted molar refractivity (Wildman–Crippen MR) is 175 cm³/mol. The van der Waals surface area contributed by atoms with E-state index in [4.69, 9.17) is 25.8 Å². The van der Waals surface area contributed by atoms with E-state index in [2.05, 4.69) is 0 Å². The van der Waals surface area contributed by atoms with Crippen LogP contribution in [0.4, 0.5) is 24.5 Å². The minimum Gasteiger partial charge on any atom is -0.496 e. The Hall–Kier alpha value is -4.54. The molecule has 266 valence electrons. The number of amides is 2. The number of para-hydroxylation sites is 1. The fourth-order valence-electron chi connectivity index (χ4n) is 6.83. The maximum atomic E-state index is 15.4. The van der Waals surface area contributed by atoms with Gasteiger partial charge in [-0.2, -0.15) is 13.2 Å². The maximum Gasteiger partial charge on any atom is 0.490 e. The van der Waals surface area contributed by atoms with E-state index in [-0.39, 0.29) is 38.2 Å². The Morgan fingerprint density at radius 3 is 2.42 bits per heavy atom. The molecule has 1 saturated heterocycles. The number of fused-ring (bicyclic) bond motifs is 2. The predicted octanol–water partition coefficient (Wildman–Crippen LogP) is 3.79. The molecule has 0 aromatic heterocycles. The number of hydrogen-bond acceptors (Lipinski definition) is 10. The second-order valence-electron chi connectivity index (χ2n) is 12.2. The number of alkyl halides is 3. The third kappa shape index (κ3) is 5.58. The Bertz CT molecular complexity index is 2000. The first-order chi connectivity index (χ1) is 23.5. The second kappa shape index (κ2) is 12.7. The van der Waals surface area contributed by atoms with Crippen molar-refractivity contribution < 1.29 is 50.2 Å². The number of esters is 1. The van der Waals surface area contributed by atoms with E-state index in [0.717, 1.165) is 0 Å². The van der Waals surface area contributed by atoms with E-state index in [9.17, 15) is 31.2 Å². The number of halogens is 4. The Balaban J connectivity index is 1.61. The molecule has 0 spiro atoms. The number of carbonyl (C=O) groups is 3. The standard InChI is InChI=1S/C33H32ClF3N4O8S/c1-38(2)29(42)26-16-20(49-31(44)33(35,36)37)18-40(26)32(22-7-5-6-8-27(22)47-4)23-15-19(34)9-11-24(23)41(30(32)43)50(45,46)21-10-12-25-28(17-21)48-14-13-39(25)3/h5-12,15,17,20,26H,13-14,16,18H2,1-4H3/t20-,26+,32?/m1/s1. The zero-order valence-corrected chi connectivity index (χ0v) is 28.8. The molecule has 1 fully saturated rings. The van der Waals surface area contributed by atoms with E-state index in [1.165, 1.54) is 73.5 Å². The van der Waals surface area contributed by atoms with Crippen molar-refractivity contribution in [3.8, 4) is 11.5 Å². The van der Waals surface area contributed by atoms with Crippen LogP contribution in [-0.4, -0.2) is 102 Å². The number of benzene rings is 3. The van der Waals surface area contributed by atoms with Gasteiger partial charge in [0.2, 0.25) is 5.91 Å². The lowest BCUT2D eigenvalue weighted by Gasteiger charge is -2.42. The van der Waals surface area contributed by atoms with E-state index in [1.807, 2.05) is 11.9 Å². The molecule has 0 bridgehead atoms. The molecular weight excluding hydrogens is 705 g/mol. The van der Waals surface area contributed by atoms with Crippen molar-refractivity contribution in [1.82, 2.24) is 9.80 Å². The van der Waals surface area contributed by atoms with E-state index in [0.29, 0.717) is 23.1 Å². The first kappa shape index (κ1) is 35.3. The van der Waals surface area contributed by atoms with Crippen molar-refractivity contribution in [1.29, 1.82) is 0 Å². The first-order valence-electron chi connectivity index (χ1n) is 15.3. The summed E-state index contributed by atoms with van der Waals surface area (Å²) in [7, 11) is 1.22. The highest BCUT2D eigenvalue weighted by Crippen LogP contribution is 2.55. The maximum absolute atomic E-state index is 15.4. The number of nitrogens with zero attached hydrogens (tertiary/aromatic N) is 4. The van der Waals surface area contributed by atoms with Gasteiger partial charge in [0.1, 0.15) is 24.2 Å². The molecule has 3 aliphatic rings. The minimum absolute atomic E-state index is 0.0105. The Kier molecular flexibility index (Phi) is 8.93. The summed E-state index contributed by atoms with van der Waals surface area (Å²) in [4.78, 5) is 45.3. The summed E-state index contributed by atoms with van der Waals surface area (Å²) in [6, 6.07) is 13.1. The fourth-order valence-corrected chi connectivity index (χ4v) is 8.48. The number of hydrogen-bond donors (Lipinski definition) is 0. The van der Waals surface area contributed by atoms with Gasteiger partial charge in [-0.1, -0.05) is 29.8 Å². The Labute approximate surface area is 290 Å². The van der Waals surface area contributed by atoms with Crippen LogP contribution in [0.3, 0.4) is 0 Å². The van der Waals surface area contributed by atoms with Gasteiger partial charge >= 0.3 is 12.1 Å². The monoisotopic (exact) mass is 736 g/mol. The number of rotatable bonds is 7. The van der Waals surface area contributed by atoms with E-state index < -0.39 is 64.6 Å². The van der Waals surface area contributed by atoms with Gasteiger partial charge in [-0.3, -0.25) is 14.5 Å². The van der Waals surface area contributed by atoms with Crippen LogP contribution < -0.4 is 18.7 Å². The zero-order valence-electron chi connectivity index (χ0n) is 27.2. The highest BCUT2D eigenvalue weighted by Gasteiger charge is 2.64. The van der Waals surface area contributed by atoms with Crippen LogP contribution in [0, 0.1) is 0 Å². The smallest absolute Gasteiger partial charge is 0.490 e. The lowest BCUT2D eigenvalue weighted by molar-refractivity contribution is -0.204. The minimum atomic E-state index is -5.34. The summed E-state index contributed by atoms with van der Waals surface area (Å²) in [5.74, 6) is -3.82. The van der Waals surface area contributed by atoms with Crippen molar-refractivity contribution in [2.45, 2.75) is 35.2 Å². The normalized spacial score (nSPS) is 22.1. The van der Waals surface area contributed by atoms with Gasteiger partial charge in [-0.15, -0.1) is 0 Å². The highest BCUT2D eigenvalue weighted by molar-refractivity contribution is 7.93. The highest BCUT2D eigenvalue weighted by atomic mass is 35.5. The number of likely N-dealkylation sites (N-methyl/N-ethyl adjacent to an activating group) is 2. The number of sulfonamides is 1. The van der Waals surface area contributed by atoms with Crippen molar-refractivity contribution in [3.63, 3.8) is 0 Å². The second-order valence-corrected chi connectivity index (χ2v) is 14.4. The largest absolute Gasteiger partial charge is 0.496 e. The molecule has 0 saturated carbocycles. The summed E-state index contributed by atoms with van der Waals surface area (Å²) in [6.45, 7) is 0.292. The van der Waals surface area contributed by atoms with Gasteiger partial charge in [0.15, 0.2) is 5.54 Å². The van der Waals surface area contributed by atoms with E-state index >= 15 is 4.79 Å². The number of methoxy groups -OCH3 is 1. The number of likely N-dealkylation sites (tertiary alicyclic amines) is 1. The first-order valence-corrected chi connectivity index (χ1v) is 17.1. The van der Waals surface area contributed by atoms with Gasteiger partial charge in [-0.25, -0.2) is 17.5 Å². The topological polar surface area (TPSA) is 126 Å².